The maximum absolute atomic E-state index is 9.26. The van der Waals surface area contributed by atoms with Crippen molar-refractivity contribution in [1.82, 2.24) is 0 Å². The van der Waals surface area contributed by atoms with Crippen LogP contribution in [0.4, 0.5) is 5.69 Å². The molecule has 0 saturated heterocycles. The third-order valence-corrected chi connectivity index (χ3v) is 1.49. The number of guanidine groups is 1. The third kappa shape index (κ3) is 1.88. The van der Waals surface area contributed by atoms with Crippen molar-refractivity contribution in [3.8, 4) is 5.75 Å². The van der Waals surface area contributed by atoms with Crippen LogP contribution in [0, 0.1) is 12.3 Å². The second kappa shape index (κ2) is 3.13. The molecule has 0 fully saturated rings. The van der Waals surface area contributed by atoms with E-state index in [0.717, 1.165) is 5.56 Å². The molecule has 0 saturated carbocycles. The molecule has 0 aromatic heterocycles. The normalized spacial score (nSPS) is 9.42. The molecule has 1 rings (SSSR count). The number of aromatic hydroxyl groups is 1. The molecule has 0 aliphatic carbocycles. The number of aryl methyl sites for hydroxylation is 1. The number of hydrogen-bond donors (Lipinski definition) is 4. The maximum atomic E-state index is 9.26. The third-order valence-electron chi connectivity index (χ3n) is 1.49. The molecule has 0 unspecified atom stereocenters. The van der Waals surface area contributed by atoms with E-state index in [1.54, 1.807) is 19.1 Å². The monoisotopic (exact) mass is 165 g/mol. The fourth-order valence-corrected chi connectivity index (χ4v) is 0.843. The van der Waals surface area contributed by atoms with E-state index in [1.165, 1.54) is 6.07 Å². The van der Waals surface area contributed by atoms with Gasteiger partial charge in [-0.25, -0.2) is 0 Å². The first-order valence-corrected chi connectivity index (χ1v) is 3.50. The van der Waals surface area contributed by atoms with Crippen LogP contribution in [0.1, 0.15) is 5.56 Å². The van der Waals surface area contributed by atoms with E-state index < -0.39 is 0 Å². The van der Waals surface area contributed by atoms with Gasteiger partial charge in [-0.3, -0.25) is 5.41 Å². The minimum atomic E-state index is -0.141. The Kier molecular flexibility index (Phi) is 2.19. The molecule has 1 aromatic carbocycles. The smallest absolute Gasteiger partial charge is 0.190 e. The highest BCUT2D eigenvalue weighted by atomic mass is 16.3. The Bertz CT molecular complexity index is 309. The average molecular weight is 165 g/mol. The minimum Gasteiger partial charge on any atom is -0.508 e. The summed E-state index contributed by atoms with van der Waals surface area (Å²) in [4.78, 5) is 0. The summed E-state index contributed by atoms with van der Waals surface area (Å²) in [6, 6.07) is 5.02. The van der Waals surface area contributed by atoms with Crippen molar-refractivity contribution in [3.63, 3.8) is 0 Å². The van der Waals surface area contributed by atoms with Crippen LogP contribution in [0.2, 0.25) is 0 Å². The van der Waals surface area contributed by atoms with Gasteiger partial charge in [0.25, 0.3) is 0 Å². The largest absolute Gasteiger partial charge is 0.508 e. The van der Waals surface area contributed by atoms with Crippen LogP contribution in [0.3, 0.4) is 0 Å². The molecule has 64 valence electrons. The van der Waals surface area contributed by atoms with E-state index in [4.69, 9.17) is 11.1 Å². The molecule has 0 aliphatic heterocycles. The molecular weight excluding hydrogens is 154 g/mol. The first-order chi connectivity index (χ1) is 5.59. The number of benzene rings is 1. The first-order valence-electron chi connectivity index (χ1n) is 3.50. The lowest BCUT2D eigenvalue weighted by molar-refractivity contribution is 0.471. The van der Waals surface area contributed by atoms with Crippen molar-refractivity contribution < 1.29 is 5.11 Å². The van der Waals surface area contributed by atoms with Crippen molar-refractivity contribution in [2.75, 3.05) is 5.32 Å². The summed E-state index contributed by atoms with van der Waals surface area (Å²) in [7, 11) is 0. The van der Waals surface area contributed by atoms with E-state index >= 15 is 0 Å². The topological polar surface area (TPSA) is 82.1 Å². The second-order valence-corrected chi connectivity index (χ2v) is 2.54. The van der Waals surface area contributed by atoms with Crippen molar-refractivity contribution >= 4 is 11.6 Å². The van der Waals surface area contributed by atoms with Crippen molar-refractivity contribution in [1.29, 1.82) is 5.41 Å². The molecular formula is C8H11N3O. The minimum absolute atomic E-state index is 0.141. The van der Waals surface area contributed by atoms with Gasteiger partial charge in [-0.15, -0.1) is 0 Å². The van der Waals surface area contributed by atoms with Crippen LogP contribution < -0.4 is 11.1 Å². The summed E-state index contributed by atoms with van der Waals surface area (Å²) in [5.41, 5.74) is 6.51. The zero-order valence-corrected chi connectivity index (χ0v) is 6.76. The number of phenolic OH excluding ortho intramolecular Hbond substituents is 1. The molecule has 0 atom stereocenters. The van der Waals surface area contributed by atoms with Crippen molar-refractivity contribution in [3.05, 3.63) is 23.8 Å². The summed E-state index contributed by atoms with van der Waals surface area (Å²) in [5.74, 6) is 0.0551. The van der Waals surface area contributed by atoms with Crippen molar-refractivity contribution in [2.45, 2.75) is 6.92 Å². The van der Waals surface area contributed by atoms with Crippen LogP contribution in [0.25, 0.3) is 0 Å². The van der Waals surface area contributed by atoms with Gasteiger partial charge in [-0.1, -0.05) is 6.07 Å². The van der Waals surface area contributed by atoms with Gasteiger partial charge in [0.1, 0.15) is 5.75 Å². The fraction of sp³-hybridized carbons (Fsp3) is 0.125. The van der Waals surface area contributed by atoms with Crippen LogP contribution in [0.5, 0.6) is 5.75 Å². The highest BCUT2D eigenvalue weighted by Crippen LogP contribution is 2.20. The molecule has 0 heterocycles. The number of phenols is 1. The second-order valence-electron chi connectivity index (χ2n) is 2.54. The Labute approximate surface area is 70.5 Å². The van der Waals surface area contributed by atoms with E-state index in [1.807, 2.05) is 0 Å². The molecule has 0 amide bonds. The summed E-state index contributed by atoms with van der Waals surface area (Å²) >= 11 is 0. The van der Waals surface area contributed by atoms with Gasteiger partial charge in [-0.2, -0.15) is 0 Å². The first kappa shape index (κ1) is 8.39. The van der Waals surface area contributed by atoms with E-state index in [9.17, 15) is 5.11 Å². The molecule has 0 bridgehead atoms. The SMILES string of the molecule is Cc1ccc(NC(=N)N)cc1O. The Morgan fingerprint density at radius 3 is 2.75 bits per heavy atom. The van der Waals surface area contributed by atoms with Crippen LogP contribution in [0.15, 0.2) is 18.2 Å². The van der Waals surface area contributed by atoms with Crippen LogP contribution >= 0.6 is 0 Å². The van der Waals surface area contributed by atoms with Gasteiger partial charge in [0.05, 0.1) is 0 Å². The molecule has 0 spiro atoms. The van der Waals surface area contributed by atoms with Gasteiger partial charge in [-0.05, 0) is 18.6 Å². The quantitative estimate of drug-likeness (QED) is 0.370. The van der Waals surface area contributed by atoms with Crippen LogP contribution in [-0.4, -0.2) is 11.1 Å². The number of nitrogens with one attached hydrogen (secondary N) is 2. The molecule has 4 nitrogen and oxygen atoms in total. The number of nitrogens with two attached hydrogens (primary N) is 1. The Morgan fingerprint density at radius 1 is 1.58 bits per heavy atom. The fourth-order valence-electron chi connectivity index (χ4n) is 0.843. The lowest BCUT2D eigenvalue weighted by Crippen LogP contribution is -2.20. The summed E-state index contributed by atoms with van der Waals surface area (Å²) < 4.78 is 0. The van der Waals surface area contributed by atoms with Gasteiger partial charge >= 0.3 is 0 Å². The van der Waals surface area contributed by atoms with Gasteiger partial charge < -0.3 is 16.2 Å². The molecule has 5 N–H and O–H groups in total. The Morgan fingerprint density at radius 2 is 2.25 bits per heavy atom. The molecule has 0 aliphatic rings. The standard InChI is InChI=1S/C8H11N3O/c1-5-2-3-6(4-7(5)12)11-8(9)10/h2-4,12H,1H3,(H4,9,10,11). The number of anilines is 1. The zero-order valence-electron chi connectivity index (χ0n) is 6.76. The predicted molar refractivity (Wildman–Crippen MR) is 48.4 cm³/mol. The zero-order chi connectivity index (χ0) is 9.14. The Balaban J connectivity index is 2.89. The summed E-state index contributed by atoms with van der Waals surface area (Å²) in [6.07, 6.45) is 0. The average Bonchev–Trinajstić information content (AvgIpc) is 1.96. The summed E-state index contributed by atoms with van der Waals surface area (Å²) in [6.45, 7) is 1.80. The maximum Gasteiger partial charge on any atom is 0.190 e. The highest BCUT2D eigenvalue weighted by Gasteiger charge is 1.97. The molecule has 0 radical (unpaired) electrons. The van der Waals surface area contributed by atoms with Crippen molar-refractivity contribution in [2.24, 2.45) is 5.73 Å². The van der Waals surface area contributed by atoms with Crippen LogP contribution in [-0.2, 0) is 0 Å². The number of rotatable bonds is 1. The van der Waals surface area contributed by atoms with E-state index in [0.29, 0.717) is 5.69 Å². The van der Waals surface area contributed by atoms with Gasteiger partial charge in [0.15, 0.2) is 5.96 Å². The molecule has 1 aromatic rings. The molecule has 4 heteroatoms. The predicted octanol–water partition coefficient (Wildman–Crippen LogP) is 1.01. The summed E-state index contributed by atoms with van der Waals surface area (Å²) in [5, 5.41) is 18.8. The molecule has 12 heavy (non-hydrogen) atoms. The van der Waals surface area contributed by atoms with Gasteiger partial charge in [0.2, 0.25) is 0 Å². The number of hydrogen-bond acceptors (Lipinski definition) is 2. The lowest BCUT2D eigenvalue weighted by Gasteiger charge is -2.04. The van der Waals surface area contributed by atoms with E-state index in [2.05, 4.69) is 5.32 Å². The Hall–Kier alpha value is -1.71. The van der Waals surface area contributed by atoms with E-state index in [-0.39, 0.29) is 11.7 Å². The lowest BCUT2D eigenvalue weighted by atomic mass is 10.2. The van der Waals surface area contributed by atoms with Gasteiger partial charge in [0, 0.05) is 11.8 Å². The highest BCUT2D eigenvalue weighted by molar-refractivity contribution is 5.89.